The predicted molar refractivity (Wildman–Crippen MR) is 70.6 cm³/mol. The molecule has 0 fully saturated rings. The molecule has 0 aromatic carbocycles. The third-order valence-electron chi connectivity index (χ3n) is 1.96. The number of anilines is 1. The van der Waals surface area contributed by atoms with Crippen LogP contribution >= 0.6 is 12.6 Å². The molecule has 0 aliphatic heterocycles. The first-order chi connectivity index (χ1) is 8.03. The van der Waals surface area contributed by atoms with Gasteiger partial charge in [0.05, 0.1) is 0 Å². The van der Waals surface area contributed by atoms with Crippen LogP contribution in [-0.4, -0.2) is 15.3 Å². The van der Waals surface area contributed by atoms with Gasteiger partial charge in [0.25, 0.3) is 0 Å². The molecule has 5 nitrogen and oxygen atoms in total. The highest BCUT2D eigenvalue weighted by Crippen LogP contribution is 2.14. The Morgan fingerprint density at radius 2 is 2.24 bits per heavy atom. The Kier molecular flexibility index (Phi) is 6.44. The normalized spacial score (nSPS) is 8.53. The van der Waals surface area contributed by atoms with Crippen molar-refractivity contribution in [3.8, 4) is 5.40 Å². The molecule has 0 unspecified atom stereocenters. The van der Waals surface area contributed by atoms with Gasteiger partial charge >= 0.3 is 0 Å². The summed E-state index contributed by atoms with van der Waals surface area (Å²) >= 11 is 3.09. The van der Waals surface area contributed by atoms with E-state index in [0.29, 0.717) is 12.1 Å². The number of allylic oxidation sites excluding steroid dienone is 2. The van der Waals surface area contributed by atoms with Crippen LogP contribution in [0.4, 0.5) is 5.82 Å². The Morgan fingerprint density at radius 1 is 1.71 bits per heavy atom. The summed E-state index contributed by atoms with van der Waals surface area (Å²) in [6.45, 7) is 7.01. The zero-order valence-corrected chi connectivity index (χ0v) is 10.4. The molecule has 17 heavy (non-hydrogen) atoms. The van der Waals surface area contributed by atoms with Gasteiger partial charge < -0.3 is 10.3 Å². The second-order valence-electron chi connectivity index (χ2n) is 2.98. The van der Waals surface area contributed by atoms with Crippen molar-refractivity contribution < 1.29 is 4.79 Å². The first kappa shape index (κ1) is 15.0. The zero-order valence-electron chi connectivity index (χ0n) is 9.55. The van der Waals surface area contributed by atoms with Crippen LogP contribution in [0.15, 0.2) is 25.3 Å². The topological polar surface area (TPSA) is 84.7 Å². The van der Waals surface area contributed by atoms with Gasteiger partial charge in [-0.25, -0.2) is 4.98 Å². The van der Waals surface area contributed by atoms with E-state index in [2.05, 4.69) is 30.8 Å². The van der Waals surface area contributed by atoms with Crippen molar-refractivity contribution in [1.29, 1.82) is 5.26 Å². The average Bonchev–Trinajstić information content (AvgIpc) is 2.55. The highest BCUT2D eigenvalue weighted by atomic mass is 32.1. The lowest BCUT2D eigenvalue weighted by Gasteiger charge is -2.00. The van der Waals surface area contributed by atoms with E-state index in [9.17, 15) is 4.79 Å². The van der Waals surface area contributed by atoms with E-state index < -0.39 is 0 Å². The summed E-state index contributed by atoms with van der Waals surface area (Å²) in [6, 6.07) is 0. The molecular formula is C11H14N4OS. The van der Waals surface area contributed by atoms with Gasteiger partial charge in [0.2, 0.25) is 5.78 Å². The lowest BCUT2D eigenvalue weighted by Crippen LogP contribution is -2.07. The fourth-order valence-corrected chi connectivity index (χ4v) is 1.27. The molecule has 1 heterocycles. The minimum absolute atomic E-state index is 0.215. The van der Waals surface area contributed by atoms with Crippen molar-refractivity contribution in [3.63, 3.8) is 0 Å². The van der Waals surface area contributed by atoms with Crippen LogP contribution in [0.2, 0.25) is 0 Å². The summed E-state index contributed by atoms with van der Waals surface area (Å²) in [4.78, 5) is 15.5. The number of thiol groups is 1. The van der Waals surface area contributed by atoms with Gasteiger partial charge in [0.15, 0.2) is 5.82 Å². The summed E-state index contributed by atoms with van der Waals surface area (Å²) in [7, 11) is 1.75. The number of hydrogen-bond donors (Lipinski definition) is 2. The molecule has 1 aromatic rings. The quantitative estimate of drug-likeness (QED) is 0.279. The molecule has 0 saturated carbocycles. The number of hydrogen-bond acceptors (Lipinski definition) is 5. The van der Waals surface area contributed by atoms with Crippen LogP contribution < -0.4 is 5.73 Å². The largest absolute Gasteiger partial charge is 0.382 e. The maximum Gasteiger partial charge on any atom is 0.205 e. The number of carbonyl (C=O) groups is 1. The van der Waals surface area contributed by atoms with E-state index in [1.165, 1.54) is 11.5 Å². The smallest absolute Gasteiger partial charge is 0.205 e. The Bertz CT molecular complexity index is 471. The van der Waals surface area contributed by atoms with Gasteiger partial charge in [-0.15, -0.1) is 6.58 Å². The number of carbonyl (C=O) groups excluding carboxylic acids is 1. The van der Waals surface area contributed by atoms with E-state index in [0.717, 1.165) is 5.82 Å². The highest BCUT2D eigenvalue weighted by Gasteiger charge is 2.15. The number of nitrogen functional groups attached to an aromatic ring is 1. The van der Waals surface area contributed by atoms with E-state index in [4.69, 9.17) is 11.0 Å². The average molecular weight is 250 g/mol. The molecule has 0 aliphatic carbocycles. The molecule has 6 heteroatoms. The number of nitrogens with zero attached hydrogens (tertiary/aromatic N) is 3. The van der Waals surface area contributed by atoms with Gasteiger partial charge in [-0.1, -0.05) is 25.3 Å². The van der Waals surface area contributed by atoms with Crippen molar-refractivity contribution in [1.82, 2.24) is 9.55 Å². The molecule has 0 radical (unpaired) electrons. The standard InChI is InChI=1S/C10H13N3O.CHNS/c1-4-6-8-12-10(11)9(13(8)3)7(14)5-2;2-1-3/h4-5H,1-2,6,11H2,3H3;3H. The van der Waals surface area contributed by atoms with Gasteiger partial charge in [0, 0.05) is 13.5 Å². The van der Waals surface area contributed by atoms with Crippen molar-refractivity contribution in [2.75, 3.05) is 5.73 Å². The maximum absolute atomic E-state index is 11.4. The molecule has 0 atom stereocenters. The van der Waals surface area contributed by atoms with E-state index in [-0.39, 0.29) is 11.6 Å². The lowest BCUT2D eigenvalue weighted by molar-refractivity contribution is 0.104. The highest BCUT2D eigenvalue weighted by molar-refractivity contribution is 7.85. The van der Waals surface area contributed by atoms with Gasteiger partial charge in [-0.2, -0.15) is 5.26 Å². The Labute approximate surface area is 106 Å². The predicted octanol–water partition coefficient (Wildman–Crippen LogP) is 1.50. The summed E-state index contributed by atoms with van der Waals surface area (Å²) in [6.07, 6.45) is 3.53. The van der Waals surface area contributed by atoms with Gasteiger partial charge in [0.1, 0.15) is 16.9 Å². The van der Waals surface area contributed by atoms with Crippen LogP contribution in [0.25, 0.3) is 0 Å². The van der Waals surface area contributed by atoms with Crippen LogP contribution in [0.5, 0.6) is 0 Å². The molecular weight excluding hydrogens is 236 g/mol. The third-order valence-corrected chi connectivity index (χ3v) is 1.96. The Balaban J connectivity index is 0.000000770. The first-order valence-corrected chi connectivity index (χ1v) is 5.10. The van der Waals surface area contributed by atoms with Crippen LogP contribution in [-0.2, 0) is 13.5 Å². The minimum atomic E-state index is -0.215. The Morgan fingerprint density at radius 3 is 2.65 bits per heavy atom. The molecule has 90 valence electrons. The van der Waals surface area contributed by atoms with E-state index >= 15 is 0 Å². The monoisotopic (exact) mass is 250 g/mol. The molecule has 0 spiro atoms. The summed E-state index contributed by atoms with van der Waals surface area (Å²) < 4.78 is 1.67. The number of imidazole rings is 1. The molecule has 0 saturated heterocycles. The van der Waals surface area contributed by atoms with E-state index in [1.807, 2.05) is 0 Å². The summed E-state index contributed by atoms with van der Waals surface area (Å²) in [5.74, 6) is 0.754. The second-order valence-corrected chi connectivity index (χ2v) is 3.18. The van der Waals surface area contributed by atoms with Crippen LogP contribution in [0.1, 0.15) is 16.3 Å². The third kappa shape index (κ3) is 3.81. The van der Waals surface area contributed by atoms with Crippen LogP contribution in [0.3, 0.4) is 0 Å². The molecule has 0 aliphatic rings. The number of thiocyanates is 1. The zero-order chi connectivity index (χ0) is 13.4. The van der Waals surface area contributed by atoms with Crippen molar-refractivity contribution in [3.05, 3.63) is 36.8 Å². The number of aromatic nitrogens is 2. The van der Waals surface area contributed by atoms with Crippen molar-refractivity contribution >= 4 is 24.2 Å². The van der Waals surface area contributed by atoms with Crippen molar-refractivity contribution in [2.24, 2.45) is 7.05 Å². The van der Waals surface area contributed by atoms with Crippen LogP contribution in [0, 0.1) is 10.7 Å². The molecule has 2 N–H and O–H groups in total. The molecule has 1 aromatic heterocycles. The Hall–Kier alpha value is -2.00. The second kappa shape index (κ2) is 7.30. The summed E-state index contributed by atoms with van der Waals surface area (Å²) in [5, 5.41) is 8.63. The van der Waals surface area contributed by atoms with E-state index in [1.54, 1.807) is 17.7 Å². The first-order valence-electron chi connectivity index (χ1n) is 4.65. The fraction of sp³-hybridized carbons (Fsp3) is 0.182. The number of rotatable bonds is 4. The number of nitriles is 1. The minimum Gasteiger partial charge on any atom is -0.382 e. The summed E-state index contributed by atoms with van der Waals surface area (Å²) in [5.41, 5.74) is 6.00. The molecule has 1 rings (SSSR count). The number of ketones is 1. The molecule has 0 amide bonds. The van der Waals surface area contributed by atoms with Gasteiger partial charge in [-0.3, -0.25) is 4.79 Å². The maximum atomic E-state index is 11.4. The van der Waals surface area contributed by atoms with Crippen molar-refractivity contribution in [2.45, 2.75) is 6.42 Å². The SMILES string of the molecule is C=CCc1nc(N)c(C(=O)C=C)n1C.N#CS. The molecule has 0 bridgehead atoms. The number of nitrogens with two attached hydrogens (primary N) is 1. The fourth-order valence-electron chi connectivity index (χ4n) is 1.27. The van der Waals surface area contributed by atoms with Gasteiger partial charge in [-0.05, 0) is 6.08 Å². The lowest BCUT2D eigenvalue weighted by atomic mass is 10.3.